The van der Waals surface area contributed by atoms with Gasteiger partial charge in [0, 0.05) is 31.6 Å². The van der Waals surface area contributed by atoms with Crippen LogP contribution in [-0.2, 0) is 17.8 Å². The second-order valence-corrected chi connectivity index (χ2v) is 9.09. The molecule has 8 nitrogen and oxygen atoms in total. The Labute approximate surface area is 187 Å². The number of nitrogens with zero attached hydrogens (tertiary/aromatic N) is 4. The zero-order chi connectivity index (χ0) is 22.1. The summed E-state index contributed by atoms with van der Waals surface area (Å²) in [6.07, 6.45) is 8.98. The van der Waals surface area contributed by atoms with E-state index >= 15 is 0 Å². The number of amides is 2. The summed E-state index contributed by atoms with van der Waals surface area (Å²) in [6.45, 7) is 1.54. The van der Waals surface area contributed by atoms with Crippen molar-refractivity contribution in [3.8, 4) is 0 Å². The molecule has 2 fully saturated rings. The zero-order valence-electron chi connectivity index (χ0n) is 18.3. The number of hydrogen-bond donors (Lipinski definition) is 1. The minimum Gasteiger partial charge on any atom is -0.337 e. The van der Waals surface area contributed by atoms with Crippen LogP contribution >= 0.6 is 0 Å². The van der Waals surface area contributed by atoms with Crippen molar-refractivity contribution in [2.75, 3.05) is 13.1 Å². The number of pyridine rings is 1. The molecule has 0 bridgehead atoms. The highest BCUT2D eigenvalue weighted by Gasteiger charge is 2.34. The molecule has 1 aliphatic carbocycles. The molecule has 0 spiro atoms. The summed E-state index contributed by atoms with van der Waals surface area (Å²) in [5, 5.41) is 0. The van der Waals surface area contributed by atoms with E-state index < -0.39 is 0 Å². The third-order valence-electron chi connectivity index (χ3n) is 7.07. The van der Waals surface area contributed by atoms with Crippen LogP contribution in [0.2, 0.25) is 0 Å². The van der Waals surface area contributed by atoms with Crippen LogP contribution in [0.4, 0.5) is 0 Å². The monoisotopic (exact) mass is 435 g/mol. The van der Waals surface area contributed by atoms with Gasteiger partial charge in [0.1, 0.15) is 11.5 Å². The first kappa shape index (κ1) is 20.8. The maximum atomic E-state index is 13.1. The summed E-state index contributed by atoms with van der Waals surface area (Å²) in [5.74, 6) is 0.699. The predicted molar refractivity (Wildman–Crippen MR) is 118 cm³/mol. The predicted octanol–water partition coefficient (Wildman–Crippen LogP) is 2.61. The Bertz CT molecular complexity index is 1060. The summed E-state index contributed by atoms with van der Waals surface area (Å²) in [5.41, 5.74) is 1.56. The number of aromatic nitrogens is 3. The Morgan fingerprint density at radius 1 is 1.03 bits per heavy atom. The molecule has 168 valence electrons. The van der Waals surface area contributed by atoms with Gasteiger partial charge < -0.3 is 14.8 Å². The molecule has 3 aliphatic rings. The van der Waals surface area contributed by atoms with Crippen molar-refractivity contribution < 1.29 is 9.59 Å². The Morgan fingerprint density at radius 2 is 1.84 bits per heavy atom. The van der Waals surface area contributed by atoms with Gasteiger partial charge in [-0.05, 0) is 44.2 Å². The Balaban J connectivity index is 1.39. The number of piperidine rings is 1. The van der Waals surface area contributed by atoms with Crippen molar-refractivity contribution in [2.24, 2.45) is 5.92 Å². The first-order chi connectivity index (χ1) is 15.6. The van der Waals surface area contributed by atoms with Gasteiger partial charge in [-0.3, -0.25) is 19.4 Å². The largest absolute Gasteiger partial charge is 0.337 e. The highest BCUT2D eigenvalue weighted by molar-refractivity contribution is 5.92. The van der Waals surface area contributed by atoms with Crippen molar-refractivity contribution in [1.82, 2.24) is 24.8 Å². The van der Waals surface area contributed by atoms with E-state index in [9.17, 15) is 14.4 Å². The number of rotatable bonds is 3. The highest BCUT2D eigenvalue weighted by Crippen LogP contribution is 2.31. The first-order valence-corrected chi connectivity index (χ1v) is 11.7. The summed E-state index contributed by atoms with van der Waals surface area (Å²) in [7, 11) is 0. The molecule has 0 aromatic carbocycles. The molecular weight excluding hydrogens is 406 g/mol. The fourth-order valence-electron chi connectivity index (χ4n) is 5.32. The number of hydrogen-bond acceptors (Lipinski definition) is 5. The van der Waals surface area contributed by atoms with Gasteiger partial charge in [0.05, 0.1) is 23.8 Å². The van der Waals surface area contributed by atoms with E-state index in [0.29, 0.717) is 43.1 Å². The molecule has 2 aliphatic heterocycles. The van der Waals surface area contributed by atoms with Crippen LogP contribution in [-0.4, -0.2) is 49.7 Å². The van der Waals surface area contributed by atoms with Crippen molar-refractivity contribution in [2.45, 2.75) is 64.0 Å². The average molecular weight is 436 g/mol. The molecule has 2 aromatic rings. The molecule has 0 radical (unpaired) electrons. The molecule has 1 N–H and O–H groups in total. The van der Waals surface area contributed by atoms with Gasteiger partial charge in [0.15, 0.2) is 0 Å². The van der Waals surface area contributed by atoms with Gasteiger partial charge in [-0.25, -0.2) is 4.98 Å². The molecule has 1 saturated heterocycles. The lowest BCUT2D eigenvalue weighted by Gasteiger charge is -2.35. The van der Waals surface area contributed by atoms with Crippen LogP contribution in [0.25, 0.3) is 0 Å². The normalized spacial score (nSPS) is 21.4. The van der Waals surface area contributed by atoms with Crippen molar-refractivity contribution in [3.05, 3.63) is 57.5 Å². The molecule has 1 atom stereocenters. The Hall–Kier alpha value is -3.03. The molecule has 0 unspecified atom stereocenters. The molecule has 1 saturated carbocycles. The van der Waals surface area contributed by atoms with Gasteiger partial charge in [0.25, 0.3) is 11.5 Å². The fourth-order valence-corrected chi connectivity index (χ4v) is 5.32. The Morgan fingerprint density at radius 3 is 2.62 bits per heavy atom. The van der Waals surface area contributed by atoms with Gasteiger partial charge in [-0.2, -0.15) is 0 Å². The lowest BCUT2D eigenvalue weighted by Crippen LogP contribution is -2.43. The van der Waals surface area contributed by atoms with E-state index in [4.69, 9.17) is 4.98 Å². The van der Waals surface area contributed by atoms with Crippen LogP contribution in [0.5, 0.6) is 0 Å². The summed E-state index contributed by atoms with van der Waals surface area (Å²) < 4.78 is 0. The maximum absolute atomic E-state index is 13.1. The van der Waals surface area contributed by atoms with Crippen LogP contribution in [0, 0.1) is 5.92 Å². The number of carbonyl (C=O) groups is 2. The second-order valence-electron chi connectivity index (χ2n) is 9.09. The molecule has 5 rings (SSSR count). The fraction of sp³-hybridized carbons (Fsp3) is 0.542. The molecule has 2 aromatic heterocycles. The number of carbonyl (C=O) groups excluding carboxylic acids is 2. The Kier molecular flexibility index (Phi) is 5.76. The summed E-state index contributed by atoms with van der Waals surface area (Å²) >= 11 is 0. The SMILES string of the molecule is O=C(C1CCCC1)N1CCc2nc([C@H]3CCCCN3C(=O)c3ccccn3)[nH]c(=O)c2C1. The van der Waals surface area contributed by atoms with Gasteiger partial charge >= 0.3 is 0 Å². The number of aromatic amines is 1. The van der Waals surface area contributed by atoms with E-state index in [2.05, 4.69) is 9.97 Å². The summed E-state index contributed by atoms with van der Waals surface area (Å²) in [6, 6.07) is 5.03. The lowest BCUT2D eigenvalue weighted by atomic mass is 9.99. The minimum atomic E-state index is -0.269. The van der Waals surface area contributed by atoms with Gasteiger partial charge in [0.2, 0.25) is 5.91 Å². The van der Waals surface area contributed by atoms with E-state index in [0.717, 1.165) is 50.6 Å². The molecule has 4 heterocycles. The van der Waals surface area contributed by atoms with Crippen molar-refractivity contribution in [1.29, 1.82) is 0 Å². The smallest absolute Gasteiger partial charge is 0.273 e. The lowest BCUT2D eigenvalue weighted by molar-refractivity contribution is -0.136. The number of fused-ring (bicyclic) bond motifs is 1. The van der Waals surface area contributed by atoms with Crippen LogP contribution in [0.3, 0.4) is 0 Å². The number of H-pyrrole nitrogens is 1. The topological polar surface area (TPSA) is 99.3 Å². The van der Waals surface area contributed by atoms with Crippen molar-refractivity contribution >= 4 is 11.8 Å². The van der Waals surface area contributed by atoms with Gasteiger partial charge in [-0.1, -0.05) is 18.9 Å². The third-order valence-corrected chi connectivity index (χ3v) is 7.07. The standard InChI is InChI=1S/C24H29N5O3/c30-22-17-15-28(23(31)16-7-1-2-8-16)14-11-18(17)26-21(27-22)20-10-4-6-13-29(20)24(32)19-9-3-5-12-25-19/h3,5,9,12,16,20H,1-2,4,6-8,10-11,13-15H2,(H,26,27,30)/t20-/m1/s1. The zero-order valence-corrected chi connectivity index (χ0v) is 18.3. The van der Waals surface area contributed by atoms with Gasteiger partial charge in [-0.15, -0.1) is 0 Å². The van der Waals surface area contributed by atoms with Crippen LogP contribution in [0.15, 0.2) is 29.2 Å². The number of likely N-dealkylation sites (tertiary alicyclic amines) is 1. The molecular formula is C24H29N5O3. The molecule has 2 amide bonds. The van der Waals surface area contributed by atoms with Crippen LogP contribution < -0.4 is 5.56 Å². The van der Waals surface area contributed by atoms with E-state index in [1.807, 2.05) is 4.90 Å². The highest BCUT2D eigenvalue weighted by atomic mass is 16.2. The minimum absolute atomic E-state index is 0.108. The number of nitrogens with one attached hydrogen (secondary N) is 1. The van der Waals surface area contributed by atoms with Crippen LogP contribution in [0.1, 0.15) is 78.6 Å². The van der Waals surface area contributed by atoms with E-state index in [-0.39, 0.29) is 29.3 Å². The quantitative estimate of drug-likeness (QED) is 0.799. The molecule has 32 heavy (non-hydrogen) atoms. The maximum Gasteiger partial charge on any atom is 0.273 e. The molecule has 8 heteroatoms. The van der Waals surface area contributed by atoms with E-state index in [1.54, 1.807) is 29.3 Å². The first-order valence-electron chi connectivity index (χ1n) is 11.7. The average Bonchev–Trinajstić information content (AvgIpc) is 3.38. The third kappa shape index (κ3) is 3.94. The summed E-state index contributed by atoms with van der Waals surface area (Å²) in [4.78, 5) is 54.5. The van der Waals surface area contributed by atoms with E-state index in [1.165, 1.54) is 0 Å². The van der Waals surface area contributed by atoms with Crippen molar-refractivity contribution in [3.63, 3.8) is 0 Å². The second kappa shape index (κ2) is 8.84.